The van der Waals surface area contributed by atoms with Gasteiger partial charge in [-0.2, -0.15) is 13.2 Å². The first kappa shape index (κ1) is 22.2. The molecule has 1 aliphatic rings. The summed E-state index contributed by atoms with van der Waals surface area (Å²) in [6, 6.07) is 6.30. The fourth-order valence-electron chi connectivity index (χ4n) is 2.96. The number of halogens is 6. The third kappa shape index (κ3) is 5.38. The quantitative estimate of drug-likeness (QED) is 0.683. The normalized spacial score (nSPS) is 15.1. The molecule has 166 valence electrons. The van der Waals surface area contributed by atoms with Crippen LogP contribution in [0.1, 0.15) is 12.5 Å². The van der Waals surface area contributed by atoms with Gasteiger partial charge in [0.15, 0.2) is 0 Å². The van der Waals surface area contributed by atoms with E-state index < -0.39 is 48.3 Å². The topological polar surface area (TPSA) is 70.7 Å². The molecule has 0 bridgehead atoms. The summed E-state index contributed by atoms with van der Waals surface area (Å²) < 4.78 is 79.2. The van der Waals surface area contributed by atoms with Gasteiger partial charge in [-0.3, -0.25) is 14.5 Å². The lowest BCUT2D eigenvalue weighted by molar-refractivity contribution is -0.274. The van der Waals surface area contributed by atoms with Crippen LogP contribution in [0.25, 0.3) is 0 Å². The van der Waals surface area contributed by atoms with Gasteiger partial charge >= 0.3 is 12.5 Å². The van der Waals surface area contributed by atoms with Gasteiger partial charge in [0.2, 0.25) is 11.8 Å². The minimum Gasteiger partial charge on any atom is -0.406 e. The monoisotopic (exact) mass is 447 g/mol. The molecule has 2 aromatic carbocycles. The fraction of sp³-hybridized carbons (Fsp3) is 0.263. The lowest BCUT2D eigenvalue weighted by Crippen LogP contribution is -2.48. The second-order valence-electron chi connectivity index (χ2n) is 6.64. The number of ether oxygens (including phenoxy) is 1. The maximum Gasteiger partial charge on any atom is 0.573 e. The molecule has 0 aromatic heterocycles. The Hall–Kier alpha value is -3.44. The number of hydrogen-bond acceptors (Lipinski definition) is 4. The summed E-state index contributed by atoms with van der Waals surface area (Å²) in [4.78, 5) is 25.8. The highest BCUT2D eigenvalue weighted by molar-refractivity contribution is 6.11. The molecule has 1 aliphatic heterocycles. The zero-order chi connectivity index (χ0) is 23.0. The van der Waals surface area contributed by atoms with Crippen molar-refractivity contribution in [2.24, 2.45) is 0 Å². The number of carbonyl (C=O) groups is 2. The van der Waals surface area contributed by atoms with Crippen molar-refractivity contribution < 1.29 is 40.7 Å². The molecule has 0 fully saturated rings. The summed E-state index contributed by atoms with van der Waals surface area (Å²) in [5.41, 5.74) is -0.738. The van der Waals surface area contributed by atoms with E-state index >= 15 is 0 Å². The number of rotatable bonds is 4. The van der Waals surface area contributed by atoms with E-state index in [2.05, 4.69) is 15.4 Å². The molecule has 12 heteroatoms. The van der Waals surface area contributed by atoms with Crippen LogP contribution in [0.4, 0.5) is 43.4 Å². The van der Waals surface area contributed by atoms with E-state index in [1.54, 1.807) is 0 Å². The molecule has 1 unspecified atom stereocenters. The van der Waals surface area contributed by atoms with Gasteiger partial charge in [0.05, 0.1) is 16.9 Å². The highest BCUT2D eigenvalue weighted by Crippen LogP contribution is 2.37. The molecule has 0 radical (unpaired) electrons. The Morgan fingerprint density at radius 1 is 1.10 bits per heavy atom. The Morgan fingerprint density at radius 2 is 1.74 bits per heavy atom. The summed E-state index contributed by atoms with van der Waals surface area (Å²) in [6.07, 6.45) is -9.46. The zero-order valence-electron chi connectivity index (χ0n) is 15.8. The number of carbonyl (C=O) groups excluding carboxylic acids is 2. The number of hydrogen-bond donors (Lipinski definition) is 2. The largest absolute Gasteiger partial charge is 0.573 e. The van der Waals surface area contributed by atoms with Crippen LogP contribution in [0, 0.1) is 0 Å². The number of amides is 2. The maximum absolute atomic E-state index is 12.9. The van der Waals surface area contributed by atoms with Gasteiger partial charge in [-0.1, -0.05) is 0 Å². The minimum absolute atomic E-state index is 0.0974. The van der Waals surface area contributed by atoms with Crippen LogP contribution in [-0.4, -0.2) is 30.8 Å². The van der Waals surface area contributed by atoms with Crippen LogP contribution in [-0.2, 0) is 15.8 Å². The van der Waals surface area contributed by atoms with Gasteiger partial charge in [0.1, 0.15) is 18.3 Å². The van der Waals surface area contributed by atoms with Crippen molar-refractivity contribution >= 4 is 28.9 Å². The van der Waals surface area contributed by atoms with Crippen LogP contribution in [0.2, 0.25) is 0 Å². The third-order valence-electron chi connectivity index (χ3n) is 4.30. The maximum atomic E-state index is 12.9. The Morgan fingerprint density at radius 3 is 2.32 bits per heavy atom. The molecule has 31 heavy (non-hydrogen) atoms. The molecule has 2 aromatic rings. The molecule has 6 nitrogen and oxygen atoms in total. The number of alkyl halides is 6. The zero-order valence-corrected chi connectivity index (χ0v) is 15.8. The molecule has 0 aliphatic carbocycles. The highest BCUT2D eigenvalue weighted by Gasteiger charge is 2.35. The number of nitrogens with zero attached hydrogens (tertiary/aromatic N) is 1. The first-order chi connectivity index (χ1) is 14.3. The standard InChI is InChI=1S/C19H15F6N3O3/c1-10(26-12-3-5-13(6-4-12)31-19(23,24)25)17(30)28-9-16(29)27-14-8-11(18(20,21)22)2-7-15(14)28/h2-8,10,26H,9H2,1H3,(H,27,29). The van der Waals surface area contributed by atoms with Gasteiger partial charge in [0.25, 0.3) is 0 Å². The lowest BCUT2D eigenvalue weighted by Gasteiger charge is -2.32. The highest BCUT2D eigenvalue weighted by atomic mass is 19.4. The SMILES string of the molecule is CC(Nc1ccc(OC(F)(F)F)cc1)C(=O)N1CC(=O)Nc2cc(C(F)(F)F)ccc21. The molecule has 2 amide bonds. The van der Waals surface area contributed by atoms with Crippen LogP contribution in [0.15, 0.2) is 42.5 Å². The Labute approximate surface area is 171 Å². The van der Waals surface area contributed by atoms with E-state index in [0.717, 1.165) is 35.2 Å². The van der Waals surface area contributed by atoms with E-state index in [9.17, 15) is 35.9 Å². The number of nitrogens with one attached hydrogen (secondary N) is 2. The first-order valence-corrected chi connectivity index (χ1v) is 8.78. The minimum atomic E-state index is -4.84. The van der Waals surface area contributed by atoms with Gasteiger partial charge in [-0.15, -0.1) is 13.2 Å². The fourth-order valence-corrected chi connectivity index (χ4v) is 2.96. The van der Waals surface area contributed by atoms with Crippen molar-refractivity contribution in [2.75, 3.05) is 22.1 Å². The van der Waals surface area contributed by atoms with Crippen molar-refractivity contribution in [3.63, 3.8) is 0 Å². The number of benzene rings is 2. The van der Waals surface area contributed by atoms with Crippen LogP contribution in [0.3, 0.4) is 0 Å². The van der Waals surface area contributed by atoms with Crippen molar-refractivity contribution in [1.82, 2.24) is 0 Å². The van der Waals surface area contributed by atoms with Crippen LogP contribution in [0.5, 0.6) is 5.75 Å². The predicted octanol–water partition coefficient (Wildman–Crippen LogP) is 4.39. The molecular formula is C19H15F6N3O3. The summed E-state index contributed by atoms with van der Waals surface area (Å²) in [5.74, 6) is -1.73. The van der Waals surface area contributed by atoms with E-state index in [4.69, 9.17) is 0 Å². The Bertz CT molecular complexity index is 989. The number of anilines is 3. The lowest BCUT2D eigenvalue weighted by atomic mass is 10.1. The van der Waals surface area contributed by atoms with E-state index in [1.807, 2.05) is 0 Å². The van der Waals surface area contributed by atoms with Crippen molar-refractivity contribution in [2.45, 2.75) is 25.5 Å². The second-order valence-corrected chi connectivity index (χ2v) is 6.64. The second kappa shape index (κ2) is 8.00. The molecule has 0 saturated carbocycles. The first-order valence-electron chi connectivity index (χ1n) is 8.78. The average Bonchev–Trinajstić information content (AvgIpc) is 2.65. The smallest absolute Gasteiger partial charge is 0.406 e. The third-order valence-corrected chi connectivity index (χ3v) is 4.30. The molecular weight excluding hydrogens is 432 g/mol. The molecule has 0 spiro atoms. The van der Waals surface area contributed by atoms with Gasteiger partial charge in [-0.05, 0) is 49.4 Å². The van der Waals surface area contributed by atoms with Gasteiger partial charge in [-0.25, -0.2) is 0 Å². The molecule has 2 N–H and O–H groups in total. The van der Waals surface area contributed by atoms with E-state index in [0.29, 0.717) is 5.69 Å². The summed E-state index contributed by atoms with van der Waals surface area (Å²) >= 11 is 0. The predicted molar refractivity (Wildman–Crippen MR) is 98.6 cm³/mol. The summed E-state index contributed by atoms with van der Waals surface area (Å²) in [6.45, 7) is 1.04. The number of fused-ring (bicyclic) bond motifs is 1. The van der Waals surface area contributed by atoms with Crippen LogP contribution >= 0.6 is 0 Å². The Balaban J connectivity index is 1.76. The molecule has 0 saturated heterocycles. The van der Waals surface area contributed by atoms with E-state index in [-0.39, 0.29) is 11.4 Å². The van der Waals surface area contributed by atoms with Crippen molar-refractivity contribution in [3.05, 3.63) is 48.0 Å². The Kier molecular flexibility index (Phi) is 5.74. The summed E-state index contributed by atoms with van der Waals surface area (Å²) in [5, 5.41) is 5.08. The summed E-state index contributed by atoms with van der Waals surface area (Å²) in [7, 11) is 0. The molecule has 1 heterocycles. The van der Waals surface area contributed by atoms with Gasteiger partial charge < -0.3 is 15.4 Å². The van der Waals surface area contributed by atoms with Gasteiger partial charge in [0, 0.05) is 5.69 Å². The molecule has 1 atom stereocenters. The average molecular weight is 447 g/mol. The van der Waals surface area contributed by atoms with Crippen LogP contribution < -0.4 is 20.3 Å². The molecule has 3 rings (SSSR count). The van der Waals surface area contributed by atoms with Crippen molar-refractivity contribution in [3.8, 4) is 5.75 Å². The van der Waals surface area contributed by atoms with Crippen molar-refractivity contribution in [1.29, 1.82) is 0 Å². The van der Waals surface area contributed by atoms with E-state index in [1.165, 1.54) is 19.1 Å².